The molecule has 76 heavy (non-hydrogen) atoms. The molecule has 2 fully saturated rings. The Morgan fingerprint density at radius 2 is 0.947 bits per heavy atom. The van der Waals surface area contributed by atoms with Gasteiger partial charge in [-0.2, -0.15) is 0 Å². The molecule has 0 amide bonds. The lowest BCUT2D eigenvalue weighted by atomic mass is 9.33. The second-order valence-corrected chi connectivity index (χ2v) is 24.6. The van der Waals surface area contributed by atoms with E-state index in [2.05, 4.69) is 262 Å². The second kappa shape index (κ2) is 16.5. The summed E-state index contributed by atoms with van der Waals surface area (Å²) in [5.74, 6) is 0. The highest BCUT2D eigenvalue weighted by atomic mass is 15.3. The quantitative estimate of drug-likeness (QED) is 0.154. The van der Waals surface area contributed by atoms with Gasteiger partial charge in [-0.15, -0.1) is 0 Å². The summed E-state index contributed by atoms with van der Waals surface area (Å²) >= 11 is 0. The summed E-state index contributed by atoms with van der Waals surface area (Å²) in [7, 11) is 0. The van der Waals surface area contributed by atoms with E-state index < -0.39 is 0 Å². The Hall–Kier alpha value is -7.56. The predicted molar refractivity (Wildman–Crippen MR) is 321 cm³/mol. The van der Waals surface area contributed by atoms with E-state index >= 15 is 0 Å². The van der Waals surface area contributed by atoms with Crippen LogP contribution < -0.4 is 31.1 Å². The van der Waals surface area contributed by atoms with Crippen LogP contribution in [0.4, 0.5) is 39.8 Å². The molecule has 4 unspecified atom stereocenters. The first-order valence-corrected chi connectivity index (χ1v) is 28.4. The lowest BCUT2D eigenvalue weighted by Crippen LogP contribution is -2.65. The lowest BCUT2D eigenvalue weighted by Gasteiger charge is -2.55. The number of anilines is 7. The van der Waals surface area contributed by atoms with Gasteiger partial charge in [0.05, 0.1) is 11.1 Å². The molecule has 0 spiro atoms. The molecule has 372 valence electrons. The second-order valence-electron chi connectivity index (χ2n) is 24.6. The number of fused-ring (bicyclic) bond motifs is 10. The van der Waals surface area contributed by atoms with Crippen molar-refractivity contribution in [1.29, 1.82) is 0 Å². The van der Waals surface area contributed by atoms with E-state index in [0.717, 1.165) is 25.7 Å². The van der Waals surface area contributed by atoms with Gasteiger partial charge in [0.15, 0.2) is 0 Å². The van der Waals surface area contributed by atoms with Gasteiger partial charge in [0, 0.05) is 50.6 Å². The summed E-state index contributed by atoms with van der Waals surface area (Å²) in [6.45, 7) is 12.4. The third-order valence-electron chi connectivity index (χ3n) is 20.0. The van der Waals surface area contributed by atoms with Crippen LogP contribution in [0.3, 0.4) is 0 Å². The maximum absolute atomic E-state index is 2.94. The van der Waals surface area contributed by atoms with Crippen LogP contribution in [-0.2, 0) is 16.2 Å². The third kappa shape index (κ3) is 6.07. The maximum Gasteiger partial charge on any atom is 0.252 e. The summed E-state index contributed by atoms with van der Waals surface area (Å²) in [6.07, 6.45) is 9.23. The highest BCUT2D eigenvalue weighted by molar-refractivity contribution is 7.00. The van der Waals surface area contributed by atoms with Gasteiger partial charge in [-0.25, -0.2) is 0 Å². The van der Waals surface area contributed by atoms with E-state index in [1.165, 1.54) is 132 Å². The number of hydrogen-bond donors (Lipinski definition) is 0. The van der Waals surface area contributed by atoms with Crippen molar-refractivity contribution in [3.05, 3.63) is 240 Å². The molecule has 6 aliphatic rings. The Labute approximate surface area is 451 Å². The molecule has 0 aromatic heterocycles. The zero-order chi connectivity index (χ0) is 51.2. The Kier molecular flexibility index (Phi) is 9.93. The number of benzene rings is 9. The van der Waals surface area contributed by atoms with Gasteiger partial charge in [0.2, 0.25) is 0 Å². The summed E-state index contributed by atoms with van der Waals surface area (Å²) in [4.78, 5) is 8.50. The topological polar surface area (TPSA) is 9.72 Å². The first-order chi connectivity index (χ1) is 37.0. The number of rotatable bonds is 6. The van der Waals surface area contributed by atoms with Gasteiger partial charge in [-0.3, -0.25) is 0 Å². The highest BCUT2D eigenvalue weighted by Gasteiger charge is 2.65. The molecule has 15 rings (SSSR count). The average Bonchev–Trinajstić information content (AvgIpc) is 3.92. The van der Waals surface area contributed by atoms with Gasteiger partial charge in [-0.05, 0) is 148 Å². The Bertz CT molecular complexity index is 3770. The molecular formula is C72H66BN3. The minimum atomic E-state index is -0.262. The highest BCUT2D eigenvalue weighted by Crippen LogP contribution is 2.67. The van der Waals surface area contributed by atoms with Crippen LogP contribution in [0.15, 0.2) is 212 Å². The van der Waals surface area contributed by atoms with Crippen LogP contribution in [0.2, 0.25) is 0 Å². The number of hydrogen-bond acceptors (Lipinski definition) is 3. The van der Waals surface area contributed by atoms with Crippen LogP contribution in [0.1, 0.15) is 114 Å². The van der Waals surface area contributed by atoms with Crippen LogP contribution in [0, 0.1) is 0 Å². The number of para-hydroxylation sites is 1. The molecule has 4 heterocycles. The molecule has 0 N–H and O–H groups in total. The molecule has 4 heteroatoms. The molecule has 0 radical (unpaired) electrons. The van der Waals surface area contributed by atoms with Crippen molar-refractivity contribution < 1.29 is 0 Å². The van der Waals surface area contributed by atoms with E-state index in [9.17, 15) is 0 Å². The first-order valence-electron chi connectivity index (χ1n) is 28.4. The predicted octanol–water partition coefficient (Wildman–Crippen LogP) is 16.5. The van der Waals surface area contributed by atoms with E-state index in [4.69, 9.17) is 0 Å². The summed E-state index contributed by atoms with van der Waals surface area (Å²) in [5, 5.41) is 0. The van der Waals surface area contributed by atoms with Gasteiger partial charge < -0.3 is 14.7 Å². The molecule has 2 aliphatic carbocycles. The van der Waals surface area contributed by atoms with Crippen LogP contribution in [-0.4, -0.2) is 17.8 Å². The molecule has 2 saturated carbocycles. The van der Waals surface area contributed by atoms with Crippen molar-refractivity contribution in [3.8, 4) is 22.3 Å². The van der Waals surface area contributed by atoms with E-state index in [1.54, 1.807) is 0 Å². The number of nitrogens with zero attached hydrogens (tertiary/aromatic N) is 3. The van der Waals surface area contributed by atoms with Gasteiger partial charge in [0.1, 0.15) is 0 Å². The van der Waals surface area contributed by atoms with E-state index in [-0.39, 0.29) is 34.0 Å². The molecule has 9 aromatic rings. The van der Waals surface area contributed by atoms with Crippen molar-refractivity contribution in [2.75, 3.05) is 14.7 Å². The zero-order valence-corrected chi connectivity index (χ0v) is 44.8. The van der Waals surface area contributed by atoms with Crippen LogP contribution in [0.5, 0.6) is 0 Å². The minimum Gasteiger partial charge on any atom is -0.335 e. The normalized spacial score (nSPS) is 23.5. The van der Waals surface area contributed by atoms with Crippen molar-refractivity contribution in [2.45, 2.75) is 113 Å². The fourth-order valence-corrected chi connectivity index (χ4v) is 16.6. The fraction of sp³-hybridized carbons (Fsp3) is 0.250. The van der Waals surface area contributed by atoms with Crippen molar-refractivity contribution in [1.82, 2.24) is 0 Å². The maximum atomic E-state index is 2.94. The van der Waals surface area contributed by atoms with E-state index in [1.807, 2.05) is 0 Å². The largest absolute Gasteiger partial charge is 0.335 e. The van der Waals surface area contributed by atoms with Gasteiger partial charge in [-0.1, -0.05) is 222 Å². The standard InChI is InChI=1S/C72H66BN3/c1-68(2,3)55-37-39-62-59(46-55)72(54-31-16-9-17-32-54)43-21-18-40-69(72,4)75(62)57-47-64-66-65(48-57)76-67-58(71(53-29-14-8-15-30-53)42-20-19-41-70(71,76)5)34-23-35-61(67)73(66)60-38-36-52(50-26-12-7-13-27-50)45-63(60)74(64)56-33-22-28-51(44-56)49-24-10-6-11-25-49/h6-17,22-39,44-48H,18-21,40-43H2,1-5H3. The molecule has 3 nitrogen and oxygen atoms in total. The SMILES string of the molecule is CC(C)(C)c1ccc2c(c1)C1(c3ccccc3)CCCCC1(C)N2c1cc2c3c(c1)N1c4c(cccc4C4(c5ccccc5)CCCCC14C)B3c1ccc(-c3ccccc3)cc1N2c1cccc(-c2ccccc2)c1. The Morgan fingerprint density at radius 3 is 1.59 bits per heavy atom. The van der Waals surface area contributed by atoms with Crippen LogP contribution >= 0.6 is 0 Å². The third-order valence-corrected chi connectivity index (χ3v) is 20.0. The zero-order valence-electron chi connectivity index (χ0n) is 44.8. The summed E-state index contributed by atoms with van der Waals surface area (Å²) < 4.78 is 0. The van der Waals surface area contributed by atoms with Gasteiger partial charge in [0.25, 0.3) is 6.71 Å². The van der Waals surface area contributed by atoms with Crippen molar-refractivity contribution in [3.63, 3.8) is 0 Å². The van der Waals surface area contributed by atoms with Crippen molar-refractivity contribution in [2.24, 2.45) is 0 Å². The molecule has 4 atom stereocenters. The molecule has 0 saturated heterocycles. The first kappa shape index (κ1) is 45.8. The summed E-state index contributed by atoms with van der Waals surface area (Å²) in [5.41, 5.74) is 24.6. The molecular weight excluding hydrogens is 918 g/mol. The van der Waals surface area contributed by atoms with Gasteiger partial charge >= 0.3 is 0 Å². The molecule has 9 aromatic carbocycles. The average molecular weight is 984 g/mol. The molecule has 4 aliphatic heterocycles. The Morgan fingerprint density at radius 1 is 0.395 bits per heavy atom. The molecule has 0 bridgehead atoms. The van der Waals surface area contributed by atoms with E-state index in [0.29, 0.717) is 0 Å². The smallest absolute Gasteiger partial charge is 0.252 e. The fourth-order valence-electron chi connectivity index (χ4n) is 16.6. The lowest BCUT2D eigenvalue weighted by molar-refractivity contribution is 0.214. The summed E-state index contributed by atoms with van der Waals surface area (Å²) in [6, 6.07) is 82.5. The Balaban J connectivity index is 1.07. The van der Waals surface area contributed by atoms with Crippen LogP contribution in [0.25, 0.3) is 22.3 Å². The van der Waals surface area contributed by atoms with Crippen molar-refractivity contribution >= 4 is 62.9 Å². The monoisotopic (exact) mass is 984 g/mol. The minimum absolute atomic E-state index is 0.00126.